The van der Waals surface area contributed by atoms with E-state index in [1.807, 2.05) is 18.2 Å². The topological polar surface area (TPSA) is 57.7 Å². The zero-order valence-electron chi connectivity index (χ0n) is 13.1. The molecule has 1 aliphatic rings. The third-order valence-corrected chi connectivity index (χ3v) is 3.89. The molecule has 23 heavy (non-hydrogen) atoms. The number of aromatic nitrogens is 1. The first kappa shape index (κ1) is 15.1. The number of urea groups is 1. The Hall–Kier alpha value is -2.76. The Morgan fingerprint density at radius 2 is 1.87 bits per heavy atom. The molecule has 0 atom stereocenters. The second-order valence-corrected chi connectivity index (χ2v) is 5.32. The number of hydrogen-bond acceptors (Lipinski definition) is 4. The average Bonchev–Trinajstić information content (AvgIpc) is 2.63. The quantitative estimate of drug-likeness (QED) is 0.946. The molecular formula is C17H20N4O2. The van der Waals surface area contributed by atoms with E-state index in [9.17, 15) is 4.79 Å². The third kappa shape index (κ3) is 3.71. The van der Waals surface area contributed by atoms with E-state index >= 15 is 0 Å². The molecule has 2 aromatic rings. The van der Waals surface area contributed by atoms with E-state index < -0.39 is 0 Å². The van der Waals surface area contributed by atoms with E-state index in [0.717, 1.165) is 13.1 Å². The van der Waals surface area contributed by atoms with Crippen LogP contribution in [0.5, 0.6) is 5.75 Å². The van der Waals surface area contributed by atoms with E-state index in [2.05, 4.69) is 27.3 Å². The molecule has 0 aliphatic carbocycles. The molecule has 1 fully saturated rings. The van der Waals surface area contributed by atoms with Gasteiger partial charge in [0.05, 0.1) is 7.11 Å². The van der Waals surface area contributed by atoms with Crippen molar-refractivity contribution >= 4 is 17.5 Å². The lowest BCUT2D eigenvalue weighted by atomic mass is 10.2. The molecule has 120 valence electrons. The van der Waals surface area contributed by atoms with Gasteiger partial charge in [0.2, 0.25) is 0 Å². The summed E-state index contributed by atoms with van der Waals surface area (Å²) in [7, 11) is 1.59. The van der Waals surface area contributed by atoms with E-state index in [-0.39, 0.29) is 6.03 Å². The minimum Gasteiger partial charge on any atom is -0.497 e. The molecule has 2 heterocycles. The highest BCUT2D eigenvalue weighted by Gasteiger charge is 2.21. The Morgan fingerprint density at radius 1 is 1.13 bits per heavy atom. The molecule has 0 unspecified atom stereocenters. The van der Waals surface area contributed by atoms with Crippen LogP contribution in [0.15, 0.2) is 48.7 Å². The number of pyridine rings is 1. The van der Waals surface area contributed by atoms with Gasteiger partial charge in [-0.2, -0.15) is 0 Å². The maximum Gasteiger partial charge on any atom is 0.323 e. The lowest BCUT2D eigenvalue weighted by Gasteiger charge is -2.36. The molecule has 6 heteroatoms. The SMILES string of the molecule is COc1ccnc(NC(=O)N2CCN(c3ccccc3)CC2)c1. The highest BCUT2D eigenvalue weighted by molar-refractivity contribution is 5.88. The van der Waals surface area contributed by atoms with Gasteiger partial charge in [0.15, 0.2) is 0 Å². The van der Waals surface area contributed by atoms with Crippen LogP contribution in [0.3, 0.4) is 0 Å². The van der Waals surface area contributed by atoms with E-state index in [1.165, 1.54) is 5.69 Å². The number of piperazine rings is 1. The van der Waals surface area contributed by atoms with Crippen LogP contribution in [0, 0.1) is 0 Å². The lowest BCUT2D eigenvalue weighted by Crippen LogP contribution is -2.50. The number of rotatable bonds is 3. The Morgan fingerprint density at radius 3 is 2.57 bits per heavy atom. The summed E-state index contributed by atoms with van der Waals surface area (Å²) in [4.78, 5) is 20.6. The Labute approximate surface area is 135 Å². The van der Waals surface area contributed by atoms with Crippen molar-refractivity contribution < 1.29 is 9.53 Å². The van der Waals surface area contributed by atoms with Crippen LogP contribution in [-0.2, 0) is 0 Å². The second-order valence-electron chi connectivity index (χ2n) is 5.32. The fourth-order valence-corrected chi connectivity index (χ4v) is 2.60. The summed E-state index contributed by atoms with van der Waals surface area (Å²) in [5.74, 6) is 1.17. The molecule has 0 bridgehead atoms. The monoisotopic (exact) mass is 312 g/mol. The molecule has 0 saturated carbocycles. The number of methoxy groups -OCH3 is 1. The van der Waals surface area contributed by atoms with Crippen molar-refractivity contribution in [2.75, 3.05) is 43.5 Å². The normalized spacial score (nSPS) is 14.5. The summed E-state index contributed by atoms with van der Waals surface area (Å²) >= 11 is 0. The predicted octanol–water partition coefficient (Wildman–Crippen LogP) is 2.44. The summed E-state index contributed by atoms with van der Waals surface area (Å²) in [6, 6.07) is 13.6. The molecule has 0 spiro atoms. The third-order valence-electron chi connectivity index (χ3n) is 3.89. The Bertz CT molecular complexity index is 655. The van der Waals surface area contributed by atoms with Crippen molar-refractivity contribution in [2.45, 2.75) is 0 Å². The van der Waals surface area contributed by atoms with Crippen LogP contribution in [0.1, 0.15) is 0 Å². The lowest BCUT2D eigenvalue weighted by molar-refractivity contribution is 0.208. The van der Waals surface area contributed by atoms with Crippen molar-refractivity contribution in [1.82, 2.24) is 9.88 Å². The molecule has 1 N–H and O–H groups in total. The van der Waals surface area contributed by atoms with Gasteiger partial charge in [-0.05, 0) is 18.2 Å². The summed E-state index contributed by atoms with van der Waals surface area (Å²) < 4.78 is 5.13. The number of nitrogens with one attached hydrogen (secondary N) is 1. The molecule has 1 aromatic heterocycles. The molecule has 1 aromatic carbocycles. The standard InChI is InChI=1S/C17H20N4O2/c1-23-15-7-8-18-16(13-15)19-17(22)21-11-9-20(10-12-21)14-5-3-2-4-6-14/h2-8,13H,9-12H2,1H3,(H,18,19,22). The van der Waals surface area contributed by atoms with E-state index in [1.54, 1.807) is 30.3 Å². The van der Waals surface area contributed by atoms with Gasteiger partial charge >= 0.3 is 6.03 Å². The summed E-state index contributed by atoms with van der Waals surface area (Å²) in [5.41, 5.74) is 1.20. The first-order valence-electron chi connectivity index (χ1n) is 7.62. The number of hydrogen-bond donors (Lipinski definition) is 1. The van der Waals surface area contributed by atoms with Crippen molar-refractivity contribution in [2.24, 2.45) is 0 Å². The van der Waals surface area contributed by atoms with Gasteiger partial charge < -0.3 is 14.5 Å². The number of benzene rings is 1. The smallest absolute Gasteiger partial charge is 0.323 e. The molecule has 6 nitrogen and oxygen atoms in total. The van der Waals surface area contributed by atoms with Crippen LogP contribution < -0.4 is 15.0 Å². The van der Waals surface area contributed by atoms with Crippen molar-refractivity contribution in [3.8, 4) is 5.75 Å². The van der Waals surface area contributed by atoms with Gasteiger partial charge in [0.25, 0.3) is 0 Å². The van der Waals surface area contributed by atoms with Gasteiger partial charge in [0.1, 0.15) is 11.6 Å². The average molecular weight is 312 g/mol. The van der Waals surface area contributed by atoms with Crippen molar-refractivity contribution in [3.63, 3.8) is 0 Å². The van der Waals surface area contributed by atoms with Crippen LogP contribution in [0.25, 0.3) is 0 Å². The van der Waals surface area contributed by atoms with Crippen molar-refractivity contribution in [3.05, 3.63) is 48.7 Å². The van der Waals surface area contributed by atoms with Gasteiger partial charge in [-0.25, -0.2) is 9.78 Å². The van der Waals surface area contributed by atoms with Crippen LogP contribution in [-0.4, -0.2) is 49.2 Å². The zero-order valence-corrected chi connectivity index (χ0v) is 13.1. The molecule has 1 aliphatic heterocycles. The fourth-order valence-electron chi connectivity index (χ4n) is 2.60. The number of nitrogens with zero attached hydrogens (tertiary/aromatic N) is 3. The summed E-state index contributed by atoms with van der Waals surface area (Å²) in [6.45, 7) is 3.02. The molecular weight excluding hydrogens is 292 g/mol. The largest absolute Gasteiger partial charge is 0.497 e. The molecule has 3 rings (SSSR count). The van der Waals surface area contributed by atoms with E-state index in [4.69, 9.17) is 4.74 Å². The van der Waals surface area contributed by atoms with Crippen molar-refractivity contribution in [1.29, 1.82) is 0 Å². The first-order chi connectivity index (χ1) is 11.3. The van der Waals surface area contributed by atoms with Gasteiger partial charge in [-0.15, -0.1) is 0 Å². The first-order valence-corrected chi connectivity index (χ1v) is 7.62. The Kier molecular flexibility index (Phi) is 4.61. The maximum absolute atomic E-state index is 12.3. The van der Waals surface area contributed by atoms with Gasteiger partial charge in [-0.3, -0.25) is 5.32 Å². The summed E-state index contributed by atoms with van der Waals surface area (Å²) in [5, 5.41) is 2.82. The second kappa shape index (κ2) is 7.00. The Balaban J connectivity index is 1.56. The van der Waals surface area contributed by atoms with Crippen LogP contribution >= 0.6 is 0 Å². The predicted molar refractivity (Wildman–Crippen MR) is 90.0 cm³/mol. The minimum absolute atomic E-state index is 0.126. The number of para-hydroxylation sites is 1. The van der Waals surface area contributed by atoms with Crippen LogP contribution in [0.2, 0.25) is 0 Å². The number of carbonyl (C=O) groups is 1. The van der Waals surface area contributed by atoms with E-state index in [0.29, 0.717) is 24.7 Å². The van der Waals surface area contributed by atoms with Crippen LogP contribution in [0.4, 0.5) is 16.3 Å². The van der Waals surface area contributed by atoms with Gasteiger partial charge in [0, 0.05) is 44.1 Å². The molecule has 0 radical (unpaired) electrons. The highest BCUT2D eigenvalue weighted by atomic mass is 16.5. The number of ether oxygens (including phenoxy) is 1. The number of carbonyl (C=O) groups excluding carboxylic acids is 1. The number of anilines is 2. The zero-order chi connectivity index (χ0) is 16.1. The highest BCUT2D eigenvalue weighted by Crippen LogP contribution is 2.17. The number of amides is 2. The molecule has 2 amide bonds. The summed E-state index contributed by atoms with van der Waals surface area (Å²) in [6.07, 6.45) is 1.61. The molecule has 1 saturated heterocycles. The van der Waals surface area contributed by atoms with Gasteiger partial charge in [-0.1, -0.05) is 18.2 Å². The maximum atomic E-state index is 12.3. The minimum atomic E-state index is -0.126. The fraction of sp³-hybridized carbons (Fsp3) is 0.294.